The van der Waals surface area contributed by atoms with Gasteiger partial charge in [0.1, 0.15) is 0 Å². The van der Waals surface area contributed by atoms with Gasteiger partial charge in [-0.15, -0.1) is 0 Å². The van der Waals surface area contributed by atoms with E-state index < -0.39 is 17.9 Å². The Hall–Kier alpha value is -1.88. The largest absolute Gasteiger partial charge is 0.480 e. The minimum atomic E-state index is -1.12. The molecule has 0 saturated carbocycles. The predicted octanol–water partition coefficient (Wildman–Crippen LogP) is 0.824. The molecule has 0 aliphatic heterocycles. The topological polar surface area (TPSA) is 75.6 Å². The number of aliphatic carboxylic acids is 1. The van der Waals surface area contributed by atoms with Crippen LogP contribution in [0.2, 0.25) is 0 Å². The van der Waals surface area contributed by atoms with E-state index in [1.165, 1.54) is 7.11 Å². The molecule has 1 atom stereocenters. The van der Waals surface area contributed by atoms with Crippen LogP contribution >= 0.6 is 0 Å². The maximum atomic E-state index is 11.8. The van der Waals surface area contributed by atoms with Gasteiger partial charge in [-0.1, -0.05) is 18.2 Å². The van der Waals surface area contributed by atoms with Crippen LogP contribution in [0.4, 0.5) is 0 Å². The SMILES string of the molecule is COCC(NC(=O)c1ccccc1C)C(=O)O. The number of aryl methyl sites for hydroxylation is 1. The fraction of sp³-hybridized carbons (Fsp3) is 0.333. The standard InChI is InChI=1S/C12H15NO4/c1-8-5-3-4-6-9(8)11(14)13-10(7-17-2)12(15)16/h3-6,10H,7H2,1-2H3,(H,13,14)(H,15,16). The van der Waals surface area contributed by atoms with Gasteiger partial charge >= 0.3 is 5.97 Å². The summed E-state index contributed by atoms with van der Waals surface area (Å²) in [7, 11) is 1.38. The van der Waals surface area contributed by atoms with Crippen LogP contribution in [0.3, 0.4) is 0 Å². The van der Waals surface area contributed by atoms with Crippen LogP contribution in [-0.4, -0.2) is 36.7 Å². The summed E-state index contributed by atoms with van der Waals surface area (Å²) in [6.07, 6.45) is 0. The molecule has 0 aliphatic rings. The third kappa shape index (κ3) is 3.57. The lowest BCUT2D eigenvalue weighted by atomic mass is 10.1. The first kappa shape index (κ1) is 13.2. The molecule has 0 aromatic heterocycles. The zero-order valence-electron chi connectivity index (χ0n) is 9.77. The lowest BCUT2D eigenvalue weighted by Gasteiger charge is -2.14. The summed E-state index contributed by atoms with van der Waals surface area (Å²) >= 11 is 0. The number of carboxylic acids is 1. The van der Waals surface area contributed by atoms with Gasteiger partial charge in [0, 0.05) is 12.7 Å². The van der Waals surface area contributed by atoms with Crippen molar-refractivity contribution in [3.63, 3.8) is 0 Å². The van der Waals surface area contributed by atoms with Crippen LogP contribution < -0.4 is 5.32 Å². The third-order valence-electron chi connectivity index (χ3n) is 2.33. The fourth-order valence-corrected chi connectivity index (χ4v) is 1.41. The zero-order valence-corrected chi connectivity index (χ0v) is 9.77. The Labute approximate surface area is 99.4 Å². The molecule has 0 fully saturated rings. The van der Waals surface area contributed by atoms with Crippen LogP contribution in [0, 0.1) is 6.92 Å². The Bertz CT molecular complexity index is 417. The van der Waals surface area contributed by atoms with Crippen molar-refractivity contribution in [1.29, 1.82) is 0 Å². The van der Waals surface area contributed by atoms with Crippen LogP contribution in [0.25, 0.3) is 0 Å². The van der Waals surface area contributed by atoms with E-state index in [1.54, 1.807) is 25.1 Å². The number of carbonyl (C=O) groups excluding carboxylic acids is 1. The van der Waals surface area contributed by atoms with Crippen LogP contribution in [0.5, 0.6) is 0 Å². The molecule has 0 radical (unpaired) electrons. The van der Waals surface area contributed by atoms with E-state index in [9.17, 15) is 9.59 Å². The van der Waals surface area contributed by atoms with Gasteiger partial charge in [-0.3, -0.25) is 4.79 Å². The molecule has 0 bridgehead atoms. The predicted molar refractivity (Wildman–Crippen MR) is 61.9 cm³/mol. The third-order valence-corrected chi connectivity index (χ3v) is 2.33. The summed E-state index contributed by atoms with van der Waals surface area (Å²) in [6, 6.07) is 5.95. The molecule has 0 aliphatic carbocycles. The van der Waals surface area contributed by atoms with Crippen LogP contribution in [0.15, 0.2) is 24.3 Å². The van der Waals surface area contributed by atoms with Gasteiger partial charge < -0.3 is 15.2 Å². The van der Waals surface area contributed by atoms with E-state index in [-0.39, 0.29) is 6.61 Å². The zero-order chi connectivity index (χ0) is 12.8. The van der Waals surface area contributed by atoms with Gasteiger partial charge in [0.05, 0.1) is 6.61 Å². The number of amides is 1. The molecule has 1 aromatic carbocycles. The van der Waals surface area contributed by atoms with Crippen LogP contribution in [-0.2, 0) is 9.53 Å². The van der Waals surface area contributed by atoms with E-state index in [2.05, 4.69) is 5.32 Å². The van der Waals surface area contributed by atoms with E-state index in [0.717, 1.165) is 5.56 Å². The maximum absolute atomic E-state index is 11.8. The molecule has 2 N–H and O–H groups in total. The number of ether oxygens (including phenoxy) is 1. The molecular weight excluding hydrogens is 222 g/mol. The first-order valence-corrected chi connectivity index (χ1v) is 5.14. The smallest absolute Gasteiger partial charge is 0.328 e. The van der Waals surface area contributed by atoms with E-state index >= 15 is 0 Å². The average Bonchev–Trinajstić information content (AvgIpc) is 2.28. The molecule has 0 heterocycles. The second kappa shape index (κ2) is 6.00. The minimum absolute atomic E-state index is 0.0625. The van der Waals surface area contributed by atoms with Crippen LogP contribution in [0.1, 0.15) is 15.9 Å². The highest BCUT2D eigenvalue weighted by Gasteiger charge is 2.20. The summed E-state index contributed by atoms with van der Waals surface area (Å²) in [4.78, 5) is 22.7. The first-order valence-electron chi connectivity index (χ1n) is 5.14. The number of carbonyl (C=O) groups is 2. The van der Waals surface area contributed by atoms with Crippen molar-refractivity contribution in [3.8, 4) is 0 Å². The Balaban J connectivity index is 2.77. The summed E-state index contributed by atoms with van der Waals surface area (Å²) < 4.78 is 4.74. The normalized spacial score (nSPS) is 11.9. The Morgan fingerprint density at radius 1 is 1.41 bits per heavy atom. The van der Waals surface area contributed by atoms with Gasteiger partial charge in [0.15, 0.2) is 6.04 Å². The number of nitrogens with one attached hydrogen (secondary N) is 1. The van der Waals surface area contributed by atoms with Crippen molar-refractivity contribution in [1.82, 2.24) is 5.32 Å². The van der Waals surface area contributed by atoms with Crippen molar-refractivity contribution in [2.45, 2.75) is 13.0 Å². The summed E-state index contributed by atoms with van der Waals surface area (Å²) in [5.41, 5.74) is 1.27. The average molecular weight is 237 g/mol. The molecule has 0 spiro atoms. The highest BCUT2D eigenvalue weighted by molar-refractivity contribution is 5.97. The summed E-state index contributed by atoms with van der Waals surface area (Å²) in [6.45, 7) is 1.73. The van der Waals surface area contributed by atoms with Crippen molar-refractivity contribution in [2.24, 2.45) is 0 Å². The van der Waals surface area contributed by atoms with Gasteiger partial charge in [-0.25, -0.2) is 4.79 Å². The Kier molecular flexibility index (Phi) is 4.66. The second-order valence-electron chi connectivity index (χ2n) is 3.63. The number of rotatable bonds is 5. The van der Waals surface area contributed by atoms with Gasteiger partial charge in [0.25, 0.3) is 5.91 Å². The van der Waals surface area contributed by atoms with Crippen molar-refractivity contribution in [2.75, 3.05) is 13.7 Å². The Morgan fingerprint density at radius 2 is 2.06 bits per heavy atom. The molecule has 1 amide bonds. The monoisotopic (exact) mass is 237 g/mol. The molecule has 1 rings (SSSR count). The number of hydrogen-bond acceptors (Lipinski definition) is 3. The molecule has 0 saturated heterocycles. The van der Waals surface area contributed by atoms with Gasteiger partial charge in [-0.2, -0.15) is 0 Å². The van der Waals surface area contributed by atoms with E-state index in [1.807, 2.05) is 6.07 Å². The first-order chi connectivity index (χ1) is 8.06. The number of carboxylic acid groups (broad SMARTS) is 1. The number of methoxy groups -OCH3 is 1. The van der Waals surface area contributed by atoms with Gasteiger partial charge in [0.2, 0.25) is 0 Å². The highest BCUT2D eigenvalue weighted by Crippen LogP contribution is 2.06. The Morgan fingerprint density at radius 3 is 2.59 bits per heavy atom. The van der Waals surface area contributed by atoms with Gasteiger partial charge in [-0.05, 0) is 18.6 Å². The summed E-state index contributed by atoms with van der Waals surface area (Å²) in [5.74, 6) is -1.53. The molecule has 5 heteroatoms. The highest BCUT2D eigenvalue weighted by atomic mass is 16.5. The molecule has 1 aromatic rings. The van der Waals surface area contributed by atoms with Crippen molar-refractivity contribution < 1.29 is 19.4 Å². The van der Waals surface area contributed by atoms with E-state index in [4.69, 9.17) is 9.84 Å². The number of hydrogen-bond donors (Lipinski definition) is 2. The lowest BCUT2D eigenvalue weighted by molar-refractivity contribution is -0.140. The maximum Gasteiger partial charge on any atom is 0.328 e. The molecule has 92 valence electrons. The van der Waals surface area contributed by atoms with Crippen molar-refractivity contribution >= 4 is 11.9 Å². The quantitative estimate of drug-likeness (QED) is 0.795. The minimum Gasteiger partial charge on any atom is -0.480 e. The number of benzene rings is 1. The van der Waals surface area contributed by atoms with Crippen molar-refractivity contribution in [3.05, 3.63) is 35.4 Å². The summed E-state index contributed by atoms with van der Waals surface area (Å²) in [5, 5.41) is 11.3. The lowest BCUT2D eigenvalue weighted by Crippen LogP contribution is -2.44. The molecule has 5 nitrogen and oxygen atoms in total. The molecule has 1 unspecified atom stereocenters. The molecule has 17 heavy (non-hydrogen) atoms. The fourth-order valence-electron chi connectivity index (χ4n) is 1.41. The second-order valence-corrected chi connectivity index (χ2v) is 3.63. The van der Waals surface area contributed by atoms with E-state index in [0.29, 0.717) is 5.56 Å². The molecular formula is C12H15NO4.